The summed E-state index contributed by atoms with van der Waals surface area (Å²) in [6.07, 6.45) is 2.17. The molecule has 0 fully saturated rings. The zero-order chi connectivity index (χ0) is 22.8. The van der Waals surface area contributed by atoms with Gasteiger partial charge in [-0.05, 0) is 42.3 Å². The van der Waals surface area contributed by atoms with E-state index >= 15 is 0 Å². The number of anilines is 1. The highest BCUT2D eigenvalue weighted by Gasteiger charge is 2.10. The van der Waals surface area contributed by atoms with Crippen LogP contribution in [0.3, 0.4) is 0 Å². The van der Waals surface area contributed by atoms with Crippen molar-refractivity contribution in [2.45, 2.75) is 19.9 Å². The second-order valence-electron chi connectivity index (χ2n) is 6.75. The number of benzene rings is 2. The lowest BCUT2D eigenvalue weighted by atomic mass is 10.1. The molecule has 1 heterocycles. The Hall–Kier alpha value is -3.94. The maximum Gasteiger partial charge on any atom is 0.337 e. The summed E-state index contributed by atoms with van der Waals surface area (Å²) in [5.41, 5.74) is 2.49. The molecule has 0 atom stereocenters. The summed E-state index contributed by atoms with van der Waals surface area (Å²) in [5, 5.41) is 3.22. The van der Waals surface area contributed by atoms with E-state index in [1.165, 1.54) is 7.11 Å². The second-order valence-corrected chi connectivity index (χ2v) is 6.75. The van der Waals surface area contributed by atoms with E-state index < -0.39 is 0 Å². The topological polar surface area (TPSA) is 95.5 Å². The molecule has 8 heteroatoms. The van der Waals surface area contributed by atoms with Gasteiger partial charge in [-0.2, -0.15) is 15.0 Å². The molecule has 1 N–H and O–H groups in total. The van der Waals surface area contributed by atoms with Crippen LogP contribution in [0.1, 0.15) is 34.2 Å². The average Bonchev–Trinajstić information content (AvgIpc) is 2.82. The molecule has 0 saturated heterocycles. The lowest BCUT2D eigenvalue weighted by Crippen LogP contribution is -2.10. The first-order valence-corrected chi connectivity index (χ1v) is 10.2. The summed E-state index contributed by atoms with van der Waals surface area (Å²) in [7, 11) is 1.36. The fourth-order valence-corrected chi connectivity index (χ4v) is 2.85. The Labute approximate surface area is 187 Å². The summed E-state index contributed by atoms with van der Waals surface area (Å²) >= 11 is 0. The van der Waals surface area contributed by atoms with E-state index in [9.17, 15) is 4.79 Å². The van der Waals surface area contributed by atoms with E-state index in [4.69, 9.17) is 14.2 Å². The molecule has 3 rings (SSSR count). The lowest BCUT2D eigenvalue weighted by molar-refractivity contribution is 0.0600. The number of methoxy groups -OCH3 is 1. The van der Waals surface area contributed by atoms with Crippen molar-refractivity contribution in [3.05, 3.63) is 83.7 Å². The summed E-state index contributed by atoms with van der Waals surface area (Å²) in [5.74, 6) is 1.40. The van der Waals surface area contributed by atoms with Crippen molar-refractivity contribution in [1.29, 1.82) is 0 Å². The number of aromatic nitrogens is 3. The molecule has 1 aromatic heterocycles. The molecule has 32 heavy (non-hydrogen) atoms. The summed E-state index contributed by atoms with van der Waals surface area (Å²) in [6.45, 7) is 6.96. The standard InChI is InChI=1S/C24H26N4O4/c1-4-14-32-20-12-8-18(9-13-20)16-25-23-26-21(27-24(28-23)31-5-2)15-17-6-10-19(11-7-17)22(29)30-3/h4,6-13H,1,5,14-16H2,2-3H3,(H,25,26,27,28). The molecule has 0 aliphatic carbocycles. The molecule has 0 aliphatic heterocycles. The number of esters is 1. The van der Waals surface area contributed by atoms with Crippen molar-refractivity contribution in [2.24, 2.45) is 0 Å². The van der Waals surface area contributed by atoms with E-state index in [2.05, 4.69) is 26.8 Å². The Morgan fingerprint density at radius 1 is 1.00 bits per heavy atom. The van der Waals surface area contributed by atoms with E-state index in [0.717, 1.165) is 16.9 Å². The Bertz CT molecular complexity index is 1040. The van der Waals surface area contributed by atoms with Gasteiger partial charge in [-0.1, -0.05) is 36.9 Å². The van der Waals surface area contributed by atoms with Crippen molar-refractivity contribution in [3.63, 3.8) is 0 Å². The van der Waals surface area contributed by atoms with Gasteiger partial charge in [0.1, 0.15) is 18.2 Å². The van der Waals surface area contributed by atoms with Crippen molar-refractivity contribution >= 4 is 11.9 Å². The summed E-state index contributed by atoms with van der Waals surface area (Å²) < 4.78 is 15.7. The SMILES string of the molecule is C=CCOc1ccc(CNc2nc(Cc3ccc(C(=O)OC)cc3)nc(OCC)n2)cc1. The molecule has 8 nitrogen and oxygen atoms in total. The normalized spacial score (nSPS) is 10.3. The zero-order valence-electron chi connectivity index (χ0n) is 18.2. The number of nitrogens with zero attached hydrogens (tertiary/aromatic N) is 3. The van der Waals surface area contributed by atoms with Gasteiger partial charge in [-0.25, -0.2) is 4.79 Å². The van der Waals surface area contributed by atoms with E-state index in [1.54, 1.807) is 18.2 Å². The minimum atomic E-state index is -0.373. The van der Waals surface area contributed by atoms with Gasteiger partial charge >= 0.3 is 12.0 Å². The molecule has 0 bridgehead atoms. The second kappa shape index (κ2) is 11.5. The number of hydrogen-bond acceptors (Lipinski definition) is 8. The molecular formula is C24H26N4O4. The number of nitrogens with one attached hydrogen (secondary N) is 1. The van der Waals surface area contributed by atoms with Gasteiger partial charge in [-0.15, -0.1) is 0 Å². The largest absolute Gasteiger partial charge is 0.490 e. The van der Waals surface area contributed by atoms with Crippen LogP contribution in [0.2, 0.25) is 0 Å². The van der Waals surface area contributed by atoms with Crippen molar-refractivity contribution in [3.8, 4) is 11.8 Å². The van der Waals surface area contributed by atoms with Crippen LogP contribution in [0, 0.1) is 0 Å². The molecule has 0 saturated carbocycles. The molecule has 0 spiro atoms. The van der Waals surface area contributed by atoms with Crippen LogP contribution in [0.25, 0.3) is 0 Å². The minimum absolute atomic E-state index is 0.263. The van der Waals surface area contributed by atoms with Crippen LogP contribution in [-0.2, 0) is 17.7 Å². The van der Waals surface area contributed by atoms with Crippen LogP contribution in [-0.4, -0.2) is 41.2 Å². The van der Waals surface area contributed by atoms with Crippen LogP contribution in [0.4, 0.5) is 5.95 Å². The Morgan fingerprint density at radius 2 is 1.72 bits per heavy atom. The predicted molar refractivity (Wildman–Crippen MR) is 121 cm³/mol. The lowest BCUT2D eigenvalue weighted by Gasteiger charge is -2.10. The number of rotatable bonds is 11. The van der Waals surface area contributed by atoms with Gasteiger partial charge < -0.3 is 19.5 Å². The number of carbonyl (C=O) groups is 1. The Balaban J connectivity index is 1.69. The highest BCUT2D eigenvalue weighted by molar-refractivity contribution is 5.89. The third-order valence-corrected chi connectivity index (χ3v) is 4.41. The van der Waals surface area contributed by atoms with Gasteiger partial charge in [0.05, 0.1) is 19.3 Å². The first-order valence-electron chi connectivity index (χ1n) is 10.2. The fraction of sp³-hybridized carbons (Fsp3) is 0.250. The van der Waals surface area contributed by atoms with Crippen molar-refractivity contribution in [1.82, 2.24) is 15.0 Å². The van der Waals surface area contributed by atoms with Gasteiger partial charge in [-0.3, -0.25) is 0 Å². The Morgan fingerprint density at radius 3 is 2.38 bits per heavy atom. The summed E-state index contributed by atoms with van der Waals surface area (Å²) in [6, 6.07) is 15.1. The number of hydrogen-bond donors (Lipinski definition) is 1. The first kappa shape index (κ1) is 22.7. The maximum absolute atomic E-state index is 11.6. The monoisotopic (exact) mass is 434 g/mol. The molecule has 3 aromatic rings. The van der Waals surface area contributed by atoms with E-state index in [-0.39, 0.29) is 12.0 Å². The molecule has 0 radical (unpaired) electrons. The summed E-state index contributed by atoms with van der Waals surface area (Å²) in [4.78, 5) is 24.8. The van der Waals surface area contributed by atoms with Gasteiger partial charge in [0.2, 0.25) is 5.95 Å². The third-order valence-electron chi connectivity index (χ3n) is 4.41. The van der Waals surface area contributed by atoms with Crippen LogP contribution in [0.15, 0.2) is 61.2 Å². The first-order chi connectivity index (χ1) is 15.6. The average molecular weight is 434 g/mol. The molecule has 0 aliphatic rings. The smallest absolute Gasteiger partial charge is 0.337 e. The van der Waals surface area contributed by atoms with E-state index in [1.807, 2.05) is 43.3 Å². The Kier molecular flexibility index (Phi) is 8.14. The quantitative estimate of drug-likeness (QED) is 0.359. The van der Waals surface area contributed by atoms with Crippen LogP contribution < -0.4 is 14.8 Å². The van der Waals surface area contributed by atoms with Crippen LogP contribution in [0.5, 0.6) is 11.8 Å². The molecule has 0 unspecified atom stereocenters. The predicted octanol–water partition coefficient (Wildman–Crippen LogP) is 3.82. The van der Waals surface area contributed by atoms with E-state index in [0.29, 0.717) is 43.5 Å². The molecular weight excluding hydrogens is 408 g/mol. The molecule has 166 valence electrons. The zero-order valence-corrected chi connectivity index (χ0v) is 18.2. The highest BCUT2D eigenvalue weighted by atomic mass is 16.5. The minimum Gasteiger partial charge on any atom is -0.490 e. The van der Waals surface area contributed by atoms with Gasteiger partial charge in [0.25, 0.3) is 0 Å². The van der Waals surface area contributed by atoms with Crippen molar-refractivity contribution < 1.29 is 19.0 Å². The van der Waals surface area contributed by atoms with Crippen LogP contribution >= 0.6 is 0 Å². The van der Waals surface area contributed by atoms with Gasteiger partial charge in [0.15, 0.2) is 0 Å². The highest BCUT2D eigenvalue weighted by Crippen LogP contribution is 2.16. The van der Waals surface area contributed by atoms with Crippen molar-refractivity contribution in [2.75, 3.05) is 25.6 Å². The molecule has 2 aromatic carbocycles. The maximum atomic E-state index is 11.6. The number of ether oxygens (including phenoxy) is 3. The third kappa shape index (κ3) is 6.53. The molecule has 0 amide bonds. The fourth-order valence-electron chi connectivity index (χ4n) is 2.85. The van der Waals surface area contributed by atoms with Gasteiger partial charge in [0, 0.05) is 13.0 Å². The number of carbonyl (C=O) groups excluding carboxylic acids is 1.